The molecule has 196 valence electrons. The molecule has 1 saturated heterocycles. The van der Waals surface area contributed by atoms with Gasteiger partial charge in [-0.3, -0.25) is 4.79 Å². The van der Waals surface area contributed by atoms with E-state index in [1.54, 1.807) is 6.07 Å². The number of hydrogen-bond acceptors (Lipinski definition) is 4. The van der Waals surface area contributed by atoms with Gasteiger partial charge in [-0.2, -0.15) is 13.2 Å². The highest BCUT2D eigenvalue weighted by Gasteiger charge is 2.37. The zero-order valence-electron chi connectivity index (χ0n) is 21.1. The normalized spacial score (nSPS) is 22.2. The fraction of sp³-hybridized carbons (Fsp3) is 0.536. The first kappa shape index (κ1) is 26.2. The molecule has 1 amide bonds. The molecule has 0 aromatic heterocycles. The molecule has 4 rings (SSSR count). The zero-order chi connectivity index (χ0) is 25.9. The minimum atomic E-state index is -4.47. The lowest BCUT2D eigenvalue weighted by atomic mass is 9.79. The Bertz CT molecular complexity index is 1040. The van der Waals surface area contributed by atoms with Gasteiger partial charge in [0.05, 0.1) is 5.56 Å². The number of hydrogen-bond donors (Lipinski definition) is 3. The van der Waals surface area contributed by atoms with Crippen molar-refractivity contribution in [3.63, 3.8) is 0 Å². The van der Waals surface area contributed by atoms with Crippen LogP contribution in [-0.2, 0) is 11.0 Å². The van der Waals surface area contributed by atoms with E-state index in [2.05, 4.69) is 53.6 Å². The highest BCUT2D eigenvalue weighted by Crippen LogP contribution is 2.36. The molecule has 2 aromatic carbocycles. The van der Waals surface area contributed by atoms with Crippen LogP contribution in [0.15, 0.2) is 42.5 Å². The standard InChI is InChI=1S/C28H37F3N4O/c1-19-3-10-23(11-4-19)35-15-13-27(2,14-16-35)26(36)33-18-20-5-7-21(8-6-20)34-22-9-12-25(32)24(17-22)28(29,30)31/h3-4,9-12,17,20-21,34H,5-8,13-16,18,32H2,1-2H3,(H,33,36). The van der Waals surface area contributed by atoms with E-state index >= 15 is 0 Å². The number of benzene rings is 2. The molecule has 1 saturated carbocycles. The van der Waals surface area contributed by atoms with Crippen LogP contribution >= 0.6 is 0 Å². The van der Waals surface area contributed by atoms with E-state index in [4.69, 9.17) is 5.73 Å². The van der Waals surface area contributed by atoms with Crippen molar-refractivity contribution in [2.24, 2.45) is 11.3 Å². The summed E-state index contributed by atoms with van der Waals surface area (Å²) in [5.74, 6) is 0.522. The SMILES string of the molecule is Cc1ccc(N2CCC(C)(C(=O)NCC3CCC(Nc4ccc(N)c(C(F)(F)F)c4)CC3)CC2)cc1. The molecule has 0 unspecified atom stereocenters. The summed E-state index contributed by atoms with van der Waals surface area (Å²) < 4.78 is 39.4. The Kier molecular flexibility index (Phi) is 7.71. The van der Waals surface area contributed by atoms with E-state index < -0.39 is 11.7 Å². The first-order valence-electron chi connectivity index (χ1n) is 12.9. The summed E-state index contributed by atoms with van der Waals surface area (Å²) in [5, 5.41) is 6.44. The summed E-state index contributed by atoms with van der Waals surface area (Å²) in [7, 11) is 0. The Labute approximate surface area is 211 Å². The van der Waals surface area contributed by atoms with Gasteiger partial charge in [0, 0.05) is 48.2 Å². The van der Waals surface area contributed by atoms with Crippen LogP contribution in [0.5, 0.6) is 0 Å². The lowest BCUT2D eigenvalue weighted by molar-refractivity contribution is -0.137. The third-order valence-corrected chi connectivity index (χ3v) is 7.94. The van der Waals surface area contributed by atoms with Gasteiger partial charge < -0.3 is 21.3 Å². The number of aryl methyl sites for hydroxylation is 1. The molecule has 2 fully saturated rings. The maximum absolute atomic E-state index is 13.1. The van der Waals surface area contributed by atoms with Crippen molar-refractivity contribution >= 4 is 23.0 Å². The molecule has 8 heteroatoms. The van der Waals surface area contributed by atoms with Crippen LogP contribution in [0.25, 0.3) is 0 Å². The number of nitrogens with two attached hydrogens (primary N) is 1. The van der Waals surface area contributed by atoms with Crippen LogP contribution < -0.4 is 21.3 Å². The van der Waals surface area contributed by atoms with Crippen molar-refractivity contribution in [3.8, 4) is 0 Å². The lowest BCUT2D eigenvalue weighted by Crippen LogP contribution is -2.48. The number of nitrogen functional groups attached to an aromatic ring is 1. The predicted molar refractivity (Wildman–Crippen MR) is 139 cm³/mol. The van der Waals surface area contributed by atoms with Gasteiger partial charge in [-0.15, -0.1) is 0 Å². The number of piperidine rings is 1. The number of alkyl halides is 3. The number of carbonyl (C=O) groups excluding carboxylic acids is 1. The second-order valence-electron chi connectivity index (χ2n) is 10.8. The van der Waals surface area contributed by atoms with Gasteiger partial charge >= 0.3 is 6.18 Å². The van der Waals surface area contributed by atoms with Crippen molar-refractivity contribution in [3.05, 3.63) is 53.6 Å². The average Bonchev–Trinajstić information content (AvgIpc) is 2.85. The highest BCUT2D eigenvalue weighted by molar-refractivity contribution is 5.82. The monoisotopic (exact) mass is 502 g/mol. The summed E-state index contributed by atoms with van der Waals surface area (Å²) in [6.45, 7) is 6.54. The van der Waals surface area contributed by atoms with Crippen LogP contribution in [0, 0.1) is 18.3 Å². The first-order valence-corrected chi connectivity index (χ1v) is 12.9. The van der Waals surface area contributed by atoms with Gasteiger partial charge in [-0.05, 0) is 81.7 Å². The molecular formula is C28H37F3N4O. The minimum Gasteiger partial charge on any atom is -0.398 e. The van der Waals surface area contributed by atoms with Crippen molar-refractivity contribution in [2.75, 3.05) is 35.6 Å². The highest BCUT2D eigenvalue weighted by atomic mass is 19.4. The van der Waals surface area contributed by atoms with Gasteiger partial charge in [-0.25, -0.2) is 0 Å². The van der Waals surface area contributed by atoms with Crippen molar-refractivity contribution in [1.82, 2.24) is 5.32 Å². The molecule has 5 nitrogen and oxygen atoms in total. The van der Waals surface area contributed by atoms with E-state index in [0.717, 1.165) is 57.7 Å². The van der Waals surface area contributed by atoms with Gasteiger partial charge in [0.15, 0.2) is 0 Å². The van der Waals surface area contributed by atoms with E-state index in [-0.39, 0.29) is 23.1 Å². The molecule has 0 radical (unpaired) electrons. The maximum Gasteiger partial charge on any atom is 0.418 e. The molecule has 0 bridgehead atoms. The van der Waals surface area contributed by atoms with Gasteiger partial charge in [0.2, 0.25) is 5.91 Å². The molecular weight excluding hydrogens is 465 g/mol. The summed E-state index contributed by atoms with van der Waals surface area (Å²) in [6, 6.07) is 12.6. The number of rotatable bonds is 6. The third kappa shape index (κ3) is 6.26. The largest absolute Gasteiger partial charge is 0.418 e. The lowest BCUT2D eigenvalue weighted by Gasteiger charge is -2.40. The topological polar surface area (TPSA) is 70.4 Å². The Morgan fingerprint density at radius 3 is 2.31 bits per heavy atom. The van der Waals surface area contributed by atoms with Crippen molar-refractivity contribution in [1.29, 1.82) is 0 Å². The van der Waals surface area contributed by atoms with Crippen LogP contribution in [0.3, 0.4) is 0 Å². The van der Waals surface area contributed by atoms with Crippen LogP contribution in [0.2, 0.25) is 0 Å². The summed E-state index contributed by atoms with van der Waals surface area (Å²) >= 11 is 0. The van der Waals surface area contributed by atoms with E-state index in [0.29, 0.717) is 18.2 Å². The first-order chi connectivity index (χ1) is 17.0. The second kappa shape index (κ2) is 10.6. The average molecular weight is 503 g/mol. The fourth-order valence-electron chi connectivity index (χ4n) is 5.33. The molecule has 0 spiro atoms. The third-order valence-electron chi connectivity index (χ3n) is 7.94. The summed E-state index contributed by atoms with van der Waals surface area (Å²) in [4.78, 5) is 15.4. The molecule has 2 aromatic rings. The van der Waals surface area contributed by atoms with Gasteiger partial charge in [0.1, 0.15) is 0 Å². The maximum atomic E-state index is 13.1. The smallest absolute Gasteiger partial charge is 0.398 e. The fourth-order valence-corrected chi connectivity index (χ4v) is 5.33. The Balaban J connectivity index is 1.21. The Hall–Kier alpha value is -2.90. The number of amides is 1. The van der Waals surface area contributed by atoms with Crippen LogP contribution in [0.4, 0.5) is 30.2 Å². The number of nitrogens with one attached hydrogen (secondary N) is 2. The number of anilines is 3. The summed E-state index contributed by atoms with van der Waals surface area (Å²) in [5.41, 5.74) is 6.97. The molecule has 1 aliphatic carbocycles. The number of carbonyl (C=O) groups is 1. The van der Waals surface area contributed by atoms with Crippen molar-refractivity contribution < 1.29 is 18.0 Å². The molecule has 2 aliphatic rings. The van der Waals surface area contributed by atoms with Gasteiger partial charge in [-0.1, -0.05) is 24.6 Å². The minimum absolute atomic E-state index is 0.116. The van der Waals surface area contributed by atoms with E-state index in [1.807, 2.05) is 0 Å². The van der Waals surface area contributed by atoms with Crippen LogP contribution in [0.1, 0.15) is 56.6 Å². The van der Waals surface area contributed by atoms with Crippen molar-refractivity contribution in [2.45, 2.75) is 64.6 Å². The zero-order valence-corrected chi connectivity index (χ0v) is 21.1. The quantitative estimate of drug-likeness (QED) is 0.425. The molecule has 0 atom stereocenters. The molecule has 1 aliphatic heterocycles. The predicted octanol–water partition coefficient (Wildman–Crippen LogP) is 5.99. The Morgan fingerprint density at radius 2 is 1.69 bits per heavy atom. The molecule has 36 heavy (non-hydrogen) atoms. The van der Waals surface area contributed by atoms with E-state index in [1.165, 1.54) is 17.3 Å². The van der Waals surface area contributed by atoms with Gasteiger partial charge in [0.25, 0.3) is 0 Å². The number of halogens is 3. The Morgan fingerprint density at radius 1 is 1.06 bits per heavy atom. The molecule has 4 N–H and O–H groups in total. The number of nitrogens with zero attached hydrogens (tertiary/aromatic N) is 1. The second-order valence-corrected chi connectivity index (χ2v) is 10.8. The van der Waals surface area contributed by atoms with Crippen LogP contribution in [-0.4, -0.2) is 31.6 Å². The van der Waals surface area contributed by atoms with E-state index in [9.17, 15) is 18.0 Å². The molecule has 1 heterocycles. The summed E-state index contributed by atoms with van der Waals surface area (Å²) in [6.07, 6.45) is 0.749.